The summed E-state index contributed by atoms with van der Waals surface area (Å²) in [6, 6.07) is 51.3. The summed E-state index contributed by atoms with van der Waals surface area (Å²) in [5, 5.41) is 4.83. The van der Waals surface area contributed by atoms with E-state index >= 15 is 0 Å². The molecule has 0 saturated carbocycles. The van der Waals surface area contributed by atoms with Crippen LogP contribution in [0.5, 0.6) is 0 Å². The van der Waals surface area contributed by atoms with Crippen LogP contribution < -0.4 is 0 Å². The largest absolute Gasteiger partial charge is 0.227 e. The van der Waals surface area contributed by atoms with Crippen molar-refractivity contribution in [3.8, 4) is 44.9 Å². The van der Waals surface area contributed by atoms with E-state index < -0.39 is 0 Å². The number of rotatable bonds is 4. The van der Waals surface area contributed by atoms with Gasteiger partial charge in [0, 0.05) is 26.6 Å². The molecule has 0 saturated heterocycles. The van der Waals surface area contributed by atoms with E-state index in [1.54, 1.807) is 11.3 Å². The fraction of sp³-hybridized carbons (Fsp3) is 0. The molecule has 0 aliphatic heterocycles. The van der Waals surface area contributed by atoms with E-state index in [1.165, 1.54) is 37.5 Å². The third kappa shape index (κ3) is 4.19. The van der Waals surface area contributed by atoms with Gasteiger partial charge in [-0.1, -0.05) is 127 Å². The van der Waals surface area contributed by atoms with Gasteiger partial charge in [-0.05, 0) is 51.2 Å². The van der Waals surface area contributed by atoms with Crippen molar-refractivity contribution < 1.29 is 0 Å². The minimum atomic E-state index is 0.744. The summed E-state index contributed by atoms with van der Waals surface area (Å²) in [5.74, 6) is 0.744. The van der Waals surface area contributed by atoms with Crippen LogP contribution in [0.15, 0.2) is 146 Å². The summed E-state index contributed by atoms with van der Waals surface area (Å²) < 4.78 is 1.23. The van der Waals surface area contributed by atoms with Crippen molar-refractivity contribution >= 4 is 42.4 Å². The second-order valence-electron chi connectivity index (χ2n) is 10.2. The number of thiophene rings is 1. The molecule has 41 heavy (non-hydrogen) atoms. The van der Waals surface area contributed by atoms with Gasteiger partial charge in [0.2, 0.25) is 0 Å². The molecule has 0 N–H and O–H groups in total. The number of aromatic nitrogens is 2. The van der Waals surface area contributed by atoms with Gasteiger partial charge in [-0.2, -0.15) is 0 Å². The Hall–Kier alpha value is -5.12. The zero-order valence-corrected chi connectivity index (χ0v) is 23.0. The second-order valence-corrected chi connectivity index (χ2v) is 11.3. The standard InChI is InChI=1S/C38H24N2S/c1-3-11-25(12-4-1)28-16-9-17-29(23-28)30-18-10-19-31(24-30)37-39-36(27-14-5-2-6-15-27)35-34-32-20-8-7-13-26(32)21-22-33(34)41-38(35)40-37/h1-24H. The maximum Gasteiger partial charge on any atom is 0.161 e. The lowest BCUT2D eigenvalue weighted by Gasteiger charge is -2.10. The van der Waals surface area contributed by atoms with Crippen LogP contribution >= 0.6 is 11.3 Å². The average Bonchev–Trinajstić information content (AvgIpc) is 3.44. The van der Waals surface area contributed by atoms with Crippen LogP contribution in [0.3, 0.4) is 0 Å². The van der Waals surface area contributed by atoms with Crippen LogP contribution in [0.2, 0.25) is 0 Å². The number of hydrogen-bond donors (Lipinski definition) is 0. The average molecular weight is 541 g/mol. The summed E-state index contributed by atoms with van der Waals surface area (Å²) >= 11 is 1.74. The van der Waals surface area contributed by atoms with Gasteiger partial charge in [0.05, 0.1) is 5.69 Å². The summed E-state index contributed by atoms with van der Waals surface area (Å²) in [4.78, 5) is 11.5. The highest BCUT2D eigenvalue weighted by atomic mass is 32.1. The molecule has 0 aliphatic carbocycles. The minimum Gasteiger partial charge on any atom is -0.227 e. The van der Waals surface area contributed by atoms with E-state index in [4.69, 9.17) is 9.97 Å². The van der Waals surface area contributed by atoms with Crippen LogP contribution in [0.1, 0.15) is 0 Å². The van der Waals surface area contributed by atoms with Gasteiger partial charge in [0.15, 0.2) is 5.82 Å². The van der Waals surface area contributed by atoms with Crippen molar-refractivity contribution in [2.75, 3.05) is 0 Å². The lowest BCUT2D eigenvalue weighted by atomic mass is 9.97. The third-order valence-corrected chi connectivity index (χ3v) is 8.74. The van der Waals surface area contributed by atoms with Gasteiger partial charge in [-0.15, -0.1) is 11.3 Å². The Bertz CT molecular complexity index is 2200. The third-order valence-electron chi connectivity index (χ3n) is 7.69. The van der Waals surface area contributed by atoms with Crippen LogP contribution in [-0.4, -0.2) is 9.97 Å². The van der Waals surface area contributed by atoms with E-state index in [2.05, 4.69) is 146 Å². The second kappa shape index (κ2) is 9.81. The first-order valence-electron chi connectivity index (χ1n) is 13.8. The van der Waals surface area contributed by atoms with Crippen molar-refractivity contribution in [3.05, 3.63) is 146 Å². The molecular weight excluding hydrogens is 516 g/mol. The van der Waals surface area contributed by atoms with E-state index in [1.807, 2.05) is 0 Å². The van der Waals surface area contributed by atoms with E-state index in [9.17, 15) is 0 Å². The van der Waals surface area contributed by atoms with Crippen LogP contribution in [0.25, 0.3) is 76.0 Å². The topological polar surface area (TPSA) is 25.8 Å². The lowest BCUT2D eigenvalue weighted by molar-refractivity contribution is 1.24. The van der Waals surface area contributed by atoms with Gasteiger partial charge in [0.25, 0.3) is 0 Å². The van der Waals surface area contributed by atoms with Crippen LogP contribution in [0.4, 0.5) is 0 Å². The molecule has 2 nitrogen and oxygen atoms in total. The highest BCUT2D eigenvalue weighted by Crippen LogP contribution is 2.42. The summed E-state index contributed by atoms with van der Waals surface area (Å²) in [6.07, 6.45) is 0. The van der Waals surface area contributed by atoms with Crippen molar-refractivity contribution in [2.45, 2.75) is 0 Å². The van der Waals surface area contributed by atoms with Crippen molar-refractivity contribution in [2.24, 2.45) is 0 Å². The van der Waals surface area contributed by atoms with Crippen LogP contribution in [0, 0.1) is 0 Å². The SMILES string of the molecule is c1ccc(-c2cccc(-c3cccc(-c4nc(-c5ccccc5)c5c(n4)sc4ccc6ccccc6c45)c3)c2)cc1. The van der Waals surface area contributed by atoms with Gasteiger partial charge in [-0.25, -0.2) is 9.97 Å². The van der Waals surface area contributed by atoms with Gasteiger partial charge in [-0.3, -0.25) is 0 Å². The molecule has 8 rings (SSSR count). The monoisotopic (exact) mass is 540 g/mol. The first-order valence-corrected chi connectivity index (χ1v) is 14.6. The van der Waals surface area contributed by atoms with Crippen molar-refractivity contribution in [1.82, 2.24) is 9.97 Å². The zero-order valence-electron chi connectivity index (χ0n) is 22.2. The summed E-state index contributed by atoms with van der Waals surface area (Å²) in [7, 11) is 0. The Labute approximate surface area is 242 Å². The maximum absolute atomic E-state index is 5.27. The number of benzene rings is 6. The quantitative estimate of drug-likeness (QED) is 0.222. The van der Waals surface area contributed by atoms with Gasteiger partial charge in [0.1, 0.15) is 4.83 Å². The number of hydrogen-bond acceptors (Lipinski definition) is 3. The number of nitrogens with zero attached hydrogens (tertiary/aromatic N) is 2. The molecule has 0 aliphatic rings. The van der Waals surface area contributed by atoms with Crippen LogP contribution in [-0.2, 0) is 0 Å². The predicted molar refractivity (Wildman–Crippen MR) is 174 cm³/mol. The maximum atomic E-state index is 5.27. The Morgan fingerprint density at radius 3 is 1.76 bits per heavy atom. The molecule has 3 heteroatoms. The fourth-order valence-corrected chi connectivity index (χ4v) is 6.81. The molecule has 2 aromatic heterocycles. The van der Waals surface area contributed by atoms with E-state index in [0.29, 0.717) is 0 Å². The Balaban J connectivity index is 1.33. The molecule has 6 aromatic carbocycles. The molecule has 0 unspecified atom stereocenters. The molecule has 2 heterocycles. The molecule has 192 valence electrons. The number of fused-ring (bicyclic) bond motifs is 5. The highest BCUT2D eigenvalue weighted by Gasteiger charge is 2.18. The lowest BCUT2D eigenvalue weighted by Crippen LogP contribution is -1.94. The molecule has 0 fully saturated rings. The smallest absolute Gasteiger partial charge is 0.161 e. The minimum absolute atomic E-state index is 0.744. The normalized spacial score (nSPS) is 11.4. The van der Waals surface area contributed by atoms with Gasteiger partial charge >= 0.3 is 0 Å². The van der Waals surface area contributed by atoms with Gasteiger partial charge < -0.3 is 0 Å². The molecule has 0 spiro atoms. The Kier molecular flexibility index (Phi) is 5.68. The van der Waals surface area contributed by atoms with Crippen molar-refractivity contribution in [1.29, 1.82) is 0 Å². The fourth-order valence-electron chi connectivity index (χ4n) is 5.72. The molecule has 0 amide bonds. The van der Waals surface area contributed by atoms with E-state index in [-0.39, 0.29) is 0 Å². The summed E-state index contributed by atoms with van der Waals surface area (Å²) in [6.45, 7) is 0. The summed E-state index contributed by atoms with van der Waals surface area (Å²) in [5.41, 5.74) is 7.82. The zero-order chi connectivity index (χ0) is 27.2. The molecule has 0 bridgehead atoms. The molecule has 0 radical (unpaired) electrons. The highest BCUT2D eigenvalue weighted by molar-refractivity contribution is 7.25. The Morgan fingerprint density at radius 2 is 1.00 bits per heavy atom. The molecular formula is C38H24N2S. The first kappa shape index (κ1) is 23.7. The first-order chi connectivity index (χ1) is 20.3. The molecule has 0 atom stereocenters. The van der Waals surface area contributed by atoms with Crippen molar-refractivity contribution in [3.63, 3.8) is 0 Å². The Morgan fingerprint density at radius 1 is 0.415 bits per heavy atom. The molecule has 8 aromatic rings. The van der Waals surface area contributed by atoms with E-state index in [0.717, 1.165) is 38.4 Å². The predicted octanol–water partition coefficient (Wildman–Crippen LogP) is 10.7.